The fourth-order valence-electron chi connectivity index (χ4n) is 2.64. The number of aromatic nitrogens is 1. The number of hydrogen-bond donors (Lipinski definition) is 1. The van der Waals surface area contributed by atoms with Crippen molar-refractivity contribution in [2.45, 2.75) is 51.1 Å². The molecule has 4 heteroatoms. The Labute approximate surface area is 114 Å². The van der Waals surface area contributed by atoms with E-state index in [1.165, 1.54) is 19.3 Å². The van der Waals surface area contributed by atoms with Gasteiger partial charge in [0, 0.05) is 30.4 Å². The van der Waals surface area contributed by atoms with Crippen molar-refractivity contribution in [1.82, 2.24) is 9.88 Å². The van der Waals surface area contributed by atoms with Gasteiger partial charge in [-0.1, -0.05) is 0 Å². The van der Waals surface area contributed by atoms with Crippen LogP contribution in [0.5, 0.6) is 0 Å². The molecule has 0 radical (unpaired) electrons. The molecule has 102 valence electrons. The number of hydrogen-bond acceptors (Lipinski definition) is 3. The second-order valence-corrected chi connectivity index (χ2v) is 5.69. The van der Waals surface area contributed by atoms with E-state index in [1.54, 1.807) is 6.20 Å². The quantitative estimate of drug-likeness (QED) is 0.907. The summed E-state index contributed by atoms with van der Waals surface area (Å²) in [6.07, 6.45) is 7.62. The first kappa shape index (κ1) is 12.5. The van der Waals surface area contributed by atoms with Crippen molar-refractivity contribution in [2.75, 3.05) is 11.9 Å². The molecule has 1 saturated heterocycles. The predicted octanol–water partition coefficient (Wildman–Crippen LogP) is 2.67. The van der Waals surface area contributed by atoms with E-state index >= 15 is 0 Å². The third kappa shape index (κ3) is 2.88. The van der Waals surface area contributed by atoms with Gasteiger partial charge >= 0.3 is 0 Å². The monoisotopic (exact) mass is 259 g/mol. The van der Waals surface area contributed by atoms with E-state index in [2.05, 4.69) is 17.2 Å². The van der Waals surface area contributed by atoms with E-state index in [9.17, 15) is 4.79 Å². The van der Waals surface area contributed by atoms with E-state index in [4.69, 9.17) is 0 Å². The topological polar surface area (TPSA) is 45.2 Å². The van der Waals surface area contributed by atoms with Crippen molar-refractivity contribution >= 4 is 11.7 Å². The van der Waals surface area contributed by atoms with Crippen LogP contribution in [0.2, 0.25) is 0 Å². The Morgan fingerprint density at radius 1 is 1.37 bits per heavy atom. The van der Waals surface area contributed by atoms with Crippen molar-refractivity contribution < 1.29 is 4.79 Å². The minimum Gasteiger partial charge on any atom is -0.367 e. The van der Waals surface area contributed by atoms with Crippen LogP contribution in [-0.4, -0.2) is 34.4 Å². The van der Waals surface area contributed by atoms with Gasteiger partial charge in [-0.15, -0.1) is 0 Å². The molecule has 1 aliphatic heterocycles. The van der Waals surface area contributed by atoms with Gasteiger partial charge in [-0.3, -0.25) is 4.79 Å². The molecule has 2 fully saturated rings. The van der Waals surface area contributed by atoms with Crippen molar-refractivity contribution in [3.8, 4) is 0 Å². The summed E-state index contributed by atoms with van der Waals surface area (Å²) in [5.41, 5.74) is 0.756. The number of amides is 1. The maximum absolute atomic E-state index is 12.5. The lowest BCUT2D eigenvalue weighted by Crippen LogP contribution is -2.42. The minimum atomic E-state index is 0.147. The molecule has 1 atom stereocenters. The molecule has 1 saturated carbocycles. The molecule has 1 aromatic heterocycles. The summed E-state index contributed by atoms with van der Waals surface area (Å²) < 4.78 is 0. The largest absolute Gasteiger partial charge is 0.367 e. The molecule has 3 rings (SSSR count). The third-order valence-corrected chi connectivity index (χ3v) is 4.00. The van der Waals surface area contributed by atoms with Crippen molar-refractivity contribution in [3.63, 3.8) is 0 Å². The number of pyridine rings is 1. The summed E-state index contributed by atoms with van der Waals surface area (Å²) >= 11 is 0. The van der Waals surface area contributed by atoms with Gasteiger partial charge in [-0.2, -0.15) is 0 Å². The standard InChI is InChI=1S/C15H21N3O/c1-11-4-2-3-9-18(11)15(19)12-7-8-16-14(10-12)17-13-5-6-13/h7-8,10-11,13H,2-6,9H2,1H3,(H,16,17). The first-order valence-electron chi connectivity index (χ1n) is 7.27. The molecule has 2 aliphatic rings. The summed E-state index contributed by atoms with van der Waals surface area (Å²) in [5.74, 6) is 0.978. The predicted molar refractivity (Wildman–Crippen MR) is 75.2 cm³/mol. The molecule has 1 N–H and O–H groups in total. The zero-order valence-electron chi connectivity index (χ0n) is 11.4. The van der Waals surface area contributed by atoms with Crippen LogP contribution in [0.3, 0.4) is 0 Å². The van der Waals surface area contributed by atoms with Crippen LogP contribution in [-0.2, 0) is 0 Å². The van der Waals surface area contributed by atoms with Crippen LogP contribution in [0.15, 0.2) is 18.3 Å². The van der Waals surface area contributed by atoms with Crippen molar-refractivity contribution in [3.05, 3.63) is 23.9 Å². The van der Waals surface area contributed by atoms with Crippen LogP contribution in [0.25, 0.3) is 0 Å². The number of carbonyl (C=O) groups is 1. The fraction of sp³-hybridized carbons (Fsp3) is 0.600. The van der Waals surface area contributed by atoms with Gasteiger partial charge in [0.1, 0.15) is 5.82 Å². The maximum Gasteiger partial charge on any atom is 0.254 e. The summed E-state index contributed by atoms with van der Waals surface area (Å²) in [6.45, 7) is 3.02. The first-order valence-corrected chi connectivity index (χ1v) is 7.27. The lowest BCUT2D eigenvalue weighted by atomic mass is 10.0. The molecule has 0 spiro atoms. The number of rotatable bonds is 3. The molecule has 2 heterocycles. The molecular weight excluding hydrogens is 238 g/mol. The fourth-order valence-corrected chi connectivity index (χ4v) is 2.64. The zero-order chi connectivity index (χ0) is 13.2. The van der Waals surface area contributed by atoms with Gasteiger partial charge in [-0.05, 0) is 51.2 Å². The minimum absolute atomic E-state index is 0.147. The van der Waals surface area contributed by atoms with E-state index in [-0.39, 0.29) is 5.91 Å². The summed E-state index contributed by atoms with van der Waals surface area (Å²) in [5, 5.41) is 3.34. The Morgan fingerprint density at radius 3 is 2.95 bits per heavy atom. The highest BCUT2D eigenvalue weighted by molar-refractivity contribution is 5.95. The second-order valence-electron chi connectivity index (χ2n) is 5.69. The summed E-state index contributed by atoms with van der Waals surface area (Å²) in [6, 6.07) is 4.63. The number of likely N-dealkylation sites (tertiary alicyclic amines) is 1. The number of anilines is 1. The van der Waals surface area contributed by atoms with Gasteiger partial charge < -0.3 is 10.2 Å². The van der Waals surface area contributed by atoms with Crippen LogP contribution in [0.1, 0.15) is 49.4 Å². The molecule has 0 bridgehead atoms. The van der Waals surface area contributed by atoms with Crippen molar-refractivity contribution in [2.24, 2.45) is 0 Å². The Morgan fingerprint density at radius 2 is 2.21 bits per heavy atom. The molecule has 1 aliphatic carbocycles. The van der Waals surface area contributed by atoms with Gasteiger partial charge in [0.15, 0.2) is 0 Å². The SMILES string of the molecule is CC1CCCCN1C(=O)c1ccnc(NC2CC2)c1. The highest BCUT2D eigenvalue weighted by atomic mass is 16.2. The average Bonchev–Trinajstić information content (AvgIpc) is 3.23. The number of nitrogens with zero attached hydrogens (tertiary/aromatic N) is 2. The van der Waals surface area contributed by atoms with E-state index < -0.39 is 0 Å². The van der Waals surface area contributed by atoms with Gasteiger partial charge in [-0.25, -0.2) is 4.98 Å². The van der Waals surface area contributed by atoms with Crippen LogP contribution >= 0.6 is 0 Å². The molecule has 19 heavy (non-hydrogen) atoms. The van der Waals surface area contributed by atoms with E-state index in [1.807, 2.05) is 17.0 Å². The summed E-state index contributed by atoms with van der Waals surface area (Å²) in [7, 11) is 0. The lowest BCUT2D eigenvalue weighted by Gasteiger charge is -2.33. The highest BCUT2D eigenvalue weighted by Crippen LogP contribution is 2.24. The number of piperidine rings is 1. The molecule has 1 aromatic rings. The Hall–Kier alpha value is -1.58. The van der Waals surface area contributed by atoms with Crippen molar-refractivity contribution in [1.29, 1.82) is 0 Å². The molecule has 1 amide bonds. The van der Waals surface area contributed by atoms with Gasteiger partial charge in [0.05, 0.1) is 0 Å². The number of nitrogens with one attached hydrogen (secondary N) is 1. The van der Waals surface area contributed by atoms with E-state index in [0.29, 0.717) is 12.1 Å². The molecule has 1 unspecified atom stereocenters. The third-order valence-electron chi connectivity index (χ3n) is 4.00. The second kappa shape index (κ2) is 5.19. The zero-order valence-corrected chi connectivity index (χ0v) is 11.4. The lowest BCUT2D eigenvalue weighted by molar-refractivity contribution is 0.0635. The van der Waals surface area contributed by atoms with Crippen LogP contribution < -0.4 is 5.32 Å². The maximum atomic E-state index is 12.5. The Bertz CT molecular complexity index is 470. The van der Waals surface area contributed by atoms with Gasteiger partial charge in [0.25, 0.3) is 5.91 Å². The Kier molecular flexibility index (Phi) is 3.40. The van der Waals surface area contributed by atoms with Gasteiger partial charge in [0.2, 0.25) is 0 Å². The average molecular weight is 259 g/mol. The number of carbonyl (C=O) groups excluding carboxylic acids is 1. The molecule has 0 aromatic carbocycles. The molecular formula is C15H21N3O. The van der Waals surface area contributed by atoms with Crippen LogP contribution in [0.4, 0.5) is 5.82 Å². The van der Waals surface area contributed by atoms with Crippen LogP contribution in [0, 0.1) is 0 Å². The highest BCUT2D eigenvalue weighted by Gasteiger charge is 2.25. The van der Waals surface area contributed by atoms with E-state index in [0.717, 1.165) is 30.8 Å². The smallest absolute Gasteiger partial charge is 0.254 e. The molecule has 4 nitrogen and oxygen atoms in total. The summed E-state index contributed by atoms with van der Waals surface area (Å²) in [4.78, 5) is 18.8. The normalized spacial score (nSPS) is 23.2. The first-order chi connectivity index (χ1) is 9.24. The Balaban J connectivity index is 1.74.